The smallest absolute Gasteiger partial charge is 0.309 e. The van der Waals surface area contributed by atoms with Crippen LogP contribution in [0.2, 0.25) is 0 Å². The third-order valence-electron chi connectivity index (χ3n) is 3.54. The van der Waals surface area contributed by atoms with Gasteiger partial charge in [0.25, 0.3) is 0 Å². The molecule has 0 atom stereocenters. The van der Waals surface area contributed by atoms with E-state index in [-0.39, 0.29) is 30.3 Å². The zero-order chi connectivity index (χ0) is 14.5. The van der Waals surface area contributed by atoms with E-state index in [0.29, 0.717) is 11.3 Å². The average molecular weight is 296 g/mol. The van der Waals surface area contributed by atoms with Crippen LogP contribution in [0.1, 0.15) is 5.56 Å². The number of anilines is 1. The summed E-state index contributed by atoms with van der Waals surface area (Å²) in [5.41, 5.74) is 1.27. The number of carbonyl (C=O) groups excluding carboxylic acids is 1. The molecule has 0 saturated carbocycles. The molecule has 20 heavy (non-hydrogen) atoms. The molecule has 1 saturated heterocycles. The molecule has 2 aliphatic heterocycles. The summed E-state index contributed by atoms with van der Waals surface area (Å²) >= 11 is 0. The van der Waals surface area contributed by atoms with Gasteiger partial charge < -0.3 is 10.4 Å². The predicted molar refractivity (Wildman–Crippen MR) is 68.7 cm³/mol. The molecule has 0 aliphatic carbocycles. The minimum absolute atomic E-state index is 0.00800. The van der Waals surface area contributed by atoms with E-state index in [9.17, 15) is 18.0 Å². The highest BCUT2D eigenvalue weighted by Crippen LogP contribution is 2.30. The number of carboxylic acids is 1. The predicted octanol–water partition coefficient (Wildman–Crippen LogP) is -0.114. The Morgan fingerprint density at radius 3 is 2.70 bits per heavy atom. The molecule has 1 aromatic rings. The fourth-order valence-electron chi connectivity index (χ4n) is 2.31. The van der Waals surface area contributed by atoms with Gasteiger partial charge in [-0.3, -0.25) is 9.59 Å². The van der Waals surface area contributed by atoms with Crippen molar-refractivity contribution in [2.45, 2.75) is 11.3 Å². The molecular weight excluding hydrogens is 284 g/mol. The second-order valence-corrected chi connectivity index (χ2v) is 6.84. The highest BCUT2D eigenvalue weighted by Gasteiger charge is 2.40. The summed E-state index contributed by atoms with van der Waals surface area (Å²) < 4.78 is 25.7. The molecule has 106 valence electrons. The van der Waals surface area contributed by atoms with Crippen molar-refractivity contribution >= 4 is 27.6 Å². The van der Waals surface area contributed by atoms with Crippen molar-refractivity contribution in [3.8, 4) is 0 Å². The fourth-order valence-corrected chi connectivity index (χ4v) is 3.89. The molecule has 1 aromatic carbocycles. The topological polar surface area (TPSA) is 104 Å². The van der Waals surface area contributed by atoms with E-state index in [1.54, 1.807) is 6.07 Å². The maximum atomic E-state index is 12.3. The highest BCUT2D eigenvalue weighted by molar-refractivity contribution is 7.89. The Balaban J connectivity index is 1.85. The number of carboxylic acid groups (broad SMARTS) is 1. The van der Waals surface area contributed by atoms with Crippen molar-refractivity contribution < 1.29 is 23.1 Å². The molecule has 0 unspecified atom stereocenters. The minimum atomic E-state index is -3.68. The molecule has 0 spiro atoms. The lowest BCUT2D eigenvalue weighted by molar-refractivity contribution is -0.145. The van der Waals surface area contributed by atoms with E-state index in [1.165, 1.54) is 12.1 Å². The van der Waals surface area contributed by atoms with Crippen molar-refractivity contribution in [2.24, 2.45) is 5.92 Å². The van der Waals surface area contributed by atoms with Gasteiger partial charge in [0, 0.05) is 18.8 Å². The van der Waals surface area contributed by atoms with Crippen LogP contribution in [-0.2, 0) is 26.0 Å². The Hall–Kier alpha value is -1.93. The largest absolute Gasteiger partial charge is 0.481 e. The molecule has 2 heterocycles. The number of amides is 1. The second kappa shape index (κ2) is 4.29. The number of hydrogen-bond acceptors (Lipinski definition) is 4. The van der Waals surface area contributed by atoms with Crippen molar-refractivity contribution in [3.63, 3.8) is 0 Å². The zero-order valence-corrected chi connectivity index (χ0v) is 11.2. The first-order valence-electron chi connectivity index (χ1n) is 6.03. The number of nitrogens with zero attached hydrogens (tertiary/aromatic N) is 1. The Morgan fingerprint density at radius 1 is 1.35 bits per heavy atom. The van der Waals surface area contributed by atoms with Gasteiger partial charge in [0.2, 0.25) is 15.9 Å². The molecule has 0 bridgehead atoms. The molecule has 1 fully saturated rings. The standard InChI is InChI=1S/C12H12N2O5S/c15-11-4-7-3-9(1-2-10(7)13-11)20(18,19)14-5-8(6-14)12(16)17/h1-3,8H,4-6H2,(H,13,15)(H,16,17). The normalized spacial score (nSPS) is 19.3. The summed E-state index contributed by atoms with van der Waals surface area (Å²) in [6.07, 6.45) is 0.163. The Kier molecular flexibility index (Phi) is 2.80. The van der Waals surface area contributed by atoms with E-state index in [1.807, 2.05) is 0 Å². The Morgan fingerprint density at radius 2 is 2.05 bits per heavy atom. The monoisotopic (exact) mass is 296 g/mol. The molecule has 1 amide bonds. The van der Waals surface area contributed by atoms with Gasteiger partial charge in [-0.2, -0.15) is 4.31 Å². The third-order valence-corrected chi connectivity index (χ3v) is 5.36. The quantitative estimate of drug-likeness (QED) is 0.809. The molecule has 0 aromatic heterocycles. The first-order valence-corrected chi connectivity index (χ1v) is 7.47. The number of fused-ring (bicyclic) bond motifs is 1. The summed E-state index contributed by atoms with van der Waals surface area (Å²) in [5.74, 6) is -1.79. The molecule has 0 radical (unpaired) electrons. The van der Waals surface area contributed by atoms with Crippen LogP contribution in [0.15, 0.2) is 23.1 Å². The van der Waals surface area contributed by atoms with Gasteiger partial charge >= 0.3 is 5.97 Å². The first-order chi connectivity index (χ1) is 9.38. The van der Waals surface area contributed by atoms with E-state index in [0.717, 1.165) is 4.31 Å². The lowest BCUT2D eigenvalue weighted by Gasteiger charge is -2.35. The number of nitrogens with one attached hydrogen (secondary N) is 1. The highest BCUT2D eigenvalue weighted by atomic mass is 32.2. The lowest BCUT2D eigenvalue weighted by Crippen LogP contribution is -2.52. The van der Waals surface area contributed by atoms with Gasteiger partial charge in [0.15, 0.2) is 0 Å². The summed E-state index contributed by atoms with van der Waals surface area (Å²) in [4.78, 5) is 22.1. The van der Waals surface area contributed by atoms with Crippen molar-refractivity contribution in [3.05, 3.63) is 23.8 Å². The van der Waals surface area contributed by atoms with E-state index < -0.39 is 21.9 Å². The number of hydrogen-bond donors (Lipinski definition) is 2. The van der Waals surface area contributed by atoms with Crippen molar-refractivity contribution in [1.29, 1.82) is 0 Å². The van der Waals surface area contributed by atoms with Gasteiger partial charge in [0.05, 0.1) is 17.2 Å². The molecule has 2 aliphatic rings. The summed E-state index contributed by atoms with van der Waals surface area (Å²) in [6.45, 7) is -0.0160. The van der Waals surface area contributed by atoms with Gasteiger partial charge in [-0.1, -0.05) is 0 Å². The maximum Gasteiger partial charge on any atom is 0.309 e. The Bertz CT molecular complexity index is 707. The number of aliphatic carboxylic acids is 1. The number of rotatable bonds is 3. The van der Waals surface area contributed by atoms with Crippen LogP contribution in [0, 0.1) is 5.92 Å². The average Bonchev–Trinajstić information content (AvgIpc) is 2.64. The van der Waals surface area contributed by atoms with Crippen LogP contribution in [0.25, 0.3) is 0 Å². The molecule has 8 heteroatoms. The van der Waals surface area contributed by atoms with Crippen LogP contribution in [0.4, 0.5) is 5.69 Å². The van der Waals surface area contributed by atoms with E-state index >= 15 is 0 Å². The van der Waals surface area contributed by atoms with E-state index in [4.69, 9.17) is 5.11 Å². The van der Waals surface area contributed by atoms with Crippen LogP contribution >= 0.6 is 0 Å². The summed E-state index contributed by atoms with van der Waals surface area (Å²) in [5, 5.41) is 11.4. The minimum Gasteiger partial charge on any atom is -0.481 e. The number of sulfonamides is 1. The summed E-state index contributed by atoms with van der Waals surface area (Å²) in [7, 11) is -3.68. The van der Waals surface area contributed by atoms with Gasteiger partial charge in [-0.25, -0.2) is 8.42 Å². The number of carbonyl (C=O) groups is 2. The van der Waals surface area contributed by atoms with Crippen molar-refractivity contribution in [2.75, 3.05) is 18.4 Å². The van der Waals surface area contributed by atoms with Crippen LogP contribution in [0.3, 0.4) is 0 Å². The SMILES string of the molecule is O=C1Cc2cc(S(=O)(=O)N3CC(C(=O)O)C3)ccc2N1. The molecule has 7 nitrogen and oxygen atoms in total. The van der Waals surface area contributed by atoms with Crippen molar-refractivity contribution in [1.82, 2.24) is 4.31 Å². The molecule has 3 rings (SSSR count). The summed E-state index contributed by atoms with van der Waals surface area (Å²) in [6, 6.07) is 4.45. The van der Waals surface area contributed by atoms with Crippen LogP contribution in [0.5, 0.6) is 0 Å². The van der Waals surface area contributed by atoms with Gasteiger partial charge in [0.1, 0.15) is 0 Å². The van der Waals surface area contributed by atoms with Crippen LogP contribution < -0.4 is 5.32 Å². The molecule has 2 N–H and O–H groups in total. The van der Waals surface area contributed by atoms with Crippen LogP contribution in [-0.4, -0.2) is 42.8 Å². The lowest BCUT2D eigenvalue weighted by atomic mass is 10.0. The van der Waals surface area contributed by atoms with Gasteiger partial charge in [-0.15, -0.1) is 0 Å². The maximum absolute atomic E-state index is 12.3. The fraction of sp³-hybridized carbons (Fsp3) is 0.333. The first kappa shape index (κ1) is 13.1. The second-order valence-electron chi connectivity index (χ2n) is 4.90. The third kappa shape index (κ3) is 1.97. The van der Waals surface area contributed by atoms with E-state index in [2.05, 4.69) is 5.32 Å². The Labute approximate surface area is 115 Å². The zero-order valence-electron chi connectivity index (χ0n) is 10.4. The number of benzene rings is 1. The molecular formula is C12H12N2O5S. The van der Waals surface area contributed by atoms with Gasteiger partial charge in [-0.05, 0) is 23.8 Å².